The Morgan fingerprint density at radius 3 is 2.91 bits per heavy atom. The molecule has 2 fully saturated rings. The maximum absolute atomic E-state index is 14.5. The minimum absolute atomic E-state index is 0.0933. The van der Waals surface area contributed by atoms with Gasteiger partial charge in [-0.05, 0) is 36.1 Å². The number of H-pyrrole nitrogens is 1. The second kappa shape index (κ2) is 6.86. The van der Waals surface area contributed by atoms with Crippen LogP contribution in [0.1, 0.15) is 24.1 Å². The Bertz CT molecular complexity index is 1460. The van der Waals surface area contributed by atoms with Crippen LogP contribution in [0.15, 0.2) is 30.7 Å². The van der Waals surface area contributed by atoms with Crippen molar-refractivity contribution in [3.05, 3.63) is 47.8 Å². The number of nitrogens with two attached hydrogens (primary N) is 1. The van der Waals surface area contributed by atoms with Crippen LogP contribution < -0.4 is 20.7 Å². The number of nitrogens with zero attached hydrogens (tertiary/aromatic N) is 5. The molecule has 0 unspecified atom stereocenters. The fourth-order valence-corrected chi connectivity index (χ4v) is 5.41. The fourth-order valence-electron chi connectivity index (χ4n) is 5.41. The first-order valence-electron chi connectivity index (χ1n) is 11.4. The van der Waals surface area contributed by atoms with Crippen LogP contribution >= 0.6 is 0 Å². The molecule has 3 aromatic heterocycles. The van der Waals surface area contributed by atoms with Crippen molar-refractivity contribution >= 4 is 22.7 Å². The van der Waals surface area contributed by atoms with Gasteiger partial charge in [0, 0.05) is 55.3 Å². The van der Waals surface area contributed by atoms with Crippen LogP contribution in [0.3, 0.4) is 0 Å². The van der Waals surface area contributed by atoms with E-state index in [-0.39, 0.29) is 23.3 Å². The molecule has 4 aromatic rings. The molecule has 1 aliphatic heterocycles. The zero-order valence-corrected chi connectivity index (χ0v) is 18.6. The third-order valence-electron chi connectivity index (χ3n) is 7.40. The van der Waals surface area contributed by atoms with Crippen molar-refractivity contribution in [1.29, 1.82) is 0 Å². The molecule has 0 amide bonds. The number of ether oxygens (including phenoxy) is 1. The molecule has 10 heteroatoms. The number of nitrogens with one attached hydrogen (secondary N) is 2. The second-order valence-corrected chi connectivity index (χ2v) is 9.45. The zero-order chi connectivity index (χ0) is 23.0. The van der Waals surface area contributed by atoms with Crippen molar-refractivity contribution in [3.63, 3.8) is 0 Å². The normalized spacial score (nSPS) is 19.5. The maximum atomic E-state index is 14.5. The van der Waals surface area contributed by atoms with E-state index in [1.807, 2.05) is 6.07 Å². The molecule has 7 rings (SSSR count). The summed E-state index contributed by atoms with van der Waals surface area (Å²) < 4.78 is 20.6. The Kier molecular flexibility index (Phi) is 3.97. The Morgan fingerprint density at radius 2 is 2.12 bits per heavy atom. The molecule has 34 heavy (non-hydrogen) atoms. The van der Waals surface area contributed by atoms with Gasteiger partial charge in [-0.15, -0.1) is 0 Å². The predicted octanol–water partition coefficient (Wildman–Crippen LogP) is 3.22. The number of hydrogen-bond donors (Lipinski definition) is 3. The van der Waals surface area contributed by atoms with E-state index in [1.54, 1.807) is 25.6 Å². The Hall–Kier alpha value is -3.79. The summed E-state index contributed by atoms with van der Waals surface area (Å²) in [7, 11) is 1.80. The van der Waals surface area contributed by atoms with Gasteiger partial charge in [0.2, 0.25) is 0 Å². The standard InChI is InChI=1S/C24H23FN8O/c1-27-16-5-12(25)4-15-14(16)7-17-20(15)22(33-9-19(26)24(10-33)2-3-24)32-23(31-17)34-13-6-18-21(28-8-13)30-11-29-18/h4-6,8,11,19,27H,2-3,7,9-10,26H2,1H3,(H,28,29,30)/t19-/m0/s1. The van der Waals surface area contributed by atoms with Crippen LogP contribution in [0.5, 0.6) is 11.8 Å². The summed E-state index contributed by atoms with van der Waals surface area (Å²) in [5.41, 5.74) is 12.3. The van der Waals surface area contributed by atoms with Crippen molar-refractivity contribution in [2.45, 2.75) is 25.3 Å². The van der Waals surface area contributed by atoms with E-state index in [4.69, 9.17) is 20.4 Å². The lowest BCUT2D eigenvalue weighted by atomic mass is 10.0. The highest BCUT2D eigenvalue weighted by atomic mass is 19.1. The zero-order valence-electron chi connectivity index (χ0n) is 18.6. The third kappa shape index (κ3) is 2.88. The average molecular weight is 459 g/mol. The van der Waals surface area contributed by atoms with Gasteiger partial charge in [-0.1, -0.05) is 0 Å². The molecule has 3 aliphatic rings. The number of pyridine rings is 1. The number of aromatic amines is 1. The second-order valence-electron chi connectivity index (χ2n) is 9.45. The summed E-state index contributed by atoms with van der Waals surface area (Å²) in [6.45, 7) is 1.54. The van der Waals surface area contributed by atoms with E-state index in [0.29, 0.717) is 24.4 Å². The Morgan fingerprint density at radius 1 is 1.24 bits per heavy atom. The molecule has 4 N–H and O–H groups in total. The molecule has 172 valence electrons. The van der Waals surface area contributed by atoms with Gasteiger partial charge in [0.25, 0.3) is 0 Å². The number of imidazole rings is 1. The summed E-state index contributed by atoms with van der Waals surface area (Å²) in [4.78, 5) is 23.3. The van der Waals surface area contributed by atoms with E-state index < -0.39 is 0 Å². The number of rotatable bonds is 4. The molecule has 1 saturated heterocycles. The van der Waals surface area contributed by atoms with Crippen molar-refractivity contribution in [1.82, 2.24) is 24.9 Å². The Labute approximate surface area is 194 Å². The predicted molar refractivity (Wildman–Crippen MR) is 126 cm³/mol. The number of anilines is 2. The van der Waals surface area contributed by atoms with Crippen LogP contribution in [0.25, 0.3) is 22.3 Å². The highest BCUT2D eigenvalue weighted by Gasteiger charge is 2.54. The monoisotopic (exact) mass is 458 g/mol. The molecule has 1 spiro atoms. The summed E-state index contributed by atoms with van der Waals surface area (Å²) in [5, 5.41) is 3.12. The average Bonchev–Trinajstić information content (AvgIpc) is 3.14. The van der Waals surface area contributed by atoms with Gasteiger partial charge < -0.3 is 25.7 Å². The van der Waals surface area contributed by atoms with E-state index in [2.05, 4.69) is 25.2 Å². The highest BCUT2D eigenvalue weighted by Crippen LogP contribution is 2.54. The van der Waals surface area contributed by atoms with Crippen molar-refractivity contribution in [2.24, 2.45) is 11.1 Å². The van der Waals surface area contributed by atoms with E-state index in [9.17, 15) is 4.39 Å². The summed E-state index contributed by atoms with van der Waals surface area (Å²) in [6, 6.07) is 5.24. The lowest BCUT2D eigenvalue weighted by molar-refractivity contribution is 0.439. The molecular weight excluding hydrogens is 435 g/mol. The third-order valence-corrected chi connectivity index (χ3v) is 7.40. The molecule has 1 atom stereocenters. The quantitative estimate of drug-likeness (QED) is 0.376. The van der Waals surface area contributed by atoms with Gasteiger partial charge in [0.1, 0.15) is 11.6 Å². The first kappa shape index (κ1) is 19.7. The first-order chi connectivity index (χ1) is 16.5. The van der Waals surface area contributed by atoms with Crippen LogP contribution in [-0.4, -0.2) is 51.1 Å². The van der Waals surface area contributed by atoms with Crippen LogP contribution in [0.2, 0.25) is 0 Å². The summed E-state index contributed by atoms with van der Waals surface area (Å²) in [5.74, 6) is 0.969. The molecule has 4 heterocycles. The van der Waals surface area contributed by atoms with Crippen LogP contribution in [0, 0.1) is 11.2 Å². The lowest BCUT2D eigenvalue weighted by Gasteiger charge is -2.21. The van der Waals surface area contributed by atoms with Crippen molar-refractivity contribution in [3.8, 4) is 22.9 Å². The topological polar surface area (TPSA) is 118 Å². The fraction of sp³-hybridized carbons (Fsp3) is 0.333. The SMILES string of the molecule is CNc1cc(F)cc2c1Cc1nc(Oc3cnc4nc[nH]c4c3)nc(N3C[C@H](N)C4(CC4)C3)c1-2. The minimum atomic E-state index is -0.294. The molecule has 0 radical (unpaired) electrons. The lowest BCUT2D eigenvalue weighted by Crippen LogP contribution is -2.30. The van der Waals surface area contributed by atoms with Crippen molar-refractivity contribution < 1.29 is 9.13 Å². The highest BCUT2D eigenvalue weighted by molar-refractivity contribution is 5.88. The molecular formula is C24H23FN8O. The number of hydrogen-bond acceptors (Lipinski definition) is 8. The van der Waals surface area contributed by atoms with E-state index >= 15 is 0 Å². The number of halogens is 1. The van der Waals surface area contributed by atoms with E-state index in [0.717, 1.165) is 58.8 Å². The molecule has 9 nitrogen and oxygen atoms in total. The van der Waals surface area contributed by atoms with Gasteiger partial charge in [-0.2, -0.15) is 9.97 Å². The maximum Gasteiger partial charge on any atom is 0.324 e. The van der Waals surface area contributed by atoms with Gasteiger partial charge in [-0.25, -0.2) is 14.4 Å². The summed E-state index contributed by atoms with van der Waals surface area (Å²) >= 11 is 0. The van der Waals surface area contributed by atoms with Gasteiger partial charge in [-0.3, -0.25) is 0 Å². The van der Waals surface area contributed by atoms with Crippen LogP contribution in [-0.2, 0) is 6.42 Å². The smallest absolute Gasteiger partial charge is 0.324 e. The number of aromatic nitrogens is 5. The summed E-state index contributed by atoms with van der Waals surface area (Å²) in [6.07, 6.45) is 6.02. The van der Waals surface area contributed by atoms with Gasteiger partial charge in [0.15, 0.2) is 11.4 Å². The molecule has 0 bridgehead atoms. The molecule has 2 aliphatic carbocycles. The first-order valence-corrected chi connectivity index (χ1v) is 11.4. The van der Waals surface area contributed by atoms with Crippen molar-refractivity contribution in [2.75, 3.05) is 30.4 Å². The molecule has 1 aromatic carbocycles. The number of fused-ring (bicyclic) bond motifs is 4. The van der Waals surface area contributed by atoms with Gasteiger partial charge in [0.05, 0.1) is 23.7 Å². The van der Waals surface area contributed by atoms with Crippen LogP contribution in [0.4, 0.5) is 15.9 Å². The number of benzene rings is 1. The largest absolute Gasteiger partial charge is 0.423 e. The van der Waals surface area contributed by atoms with Gasteiger partial charge >= 0.3 is 6.01 Å². The molecule has 1 saturated carbocycles. The van der Waals surface area contributed by atoms with E-state index in [1.165, 1.54) is 6.07 Å². The minimum Gasteiger partial charge on any atom is -0.423 e. The Balaban J connectivity index is 1.35.